The Kier molecular flexibility index (Phi) is 6.92. The van der Waals surface area contributed by atoms with Crippen molar-refractivity contribution in [2.75, 3.05) is 27.2 Å². The normalized spacial score (nSPS) is 16.2. The van der Waals surface area contributed by atoms with Crippen LogP contribution >= 0.6 is 0 Å². The lowest BCUT2D eigenvalue weighted by molar-refractivity contribution is 0.0204. The summed E-state index contributed by atoms with van der Waals surface area (Å²) in [5.74, 6) is 0.0211. The van der Waals surface area contributed by atoms with Crippen molar-refractivity contribution in [1.82, 2.24) is 18.4 Å². The van der Waals surface area contributed by atoms with Crippen molar-refractivity contribution in [2.45, 2.75) is 54.9 Å². The third kappa shape index (κ3) is 5.56. The number of nitrogens with zero attached hydrogens (tertiary/aromatic N) is 4. The topological polar surface area (TPSA) is 119 Å². The molecule has 1 amide bonds. The summed E-state index contributed by atoms with van der Waals surface area (Å²) >= 11 is 0. The zero-order valence-electron chi connectivity index (χ0n) is 19.4. The average molecular weight is 499 g/mol. The van der Waals surface area contributed by atoms with Gasteiger partial charge in [0.2, 0.25) is 10.0 Å². The summed E-state index contributed by atoms with van der Waals surface area (Å²) in [4.78, 5) is 13.8. The summed E-state index contributed by atoms with van der Waals surface area (Å²) in [6.45, 7) is 6.46. The predicted molar refractivity (Wildman–Crippen MR) is 122 cm³/mol. The molecule has 1 aliphatic rings. The third-order valence-electron chi connectivity index (χ3n) is 5.30. The number of amides is 1. The molecule has 0 N–H and O–H groups in total. The molecule has 0 aliphatic carbocycles. The van der Waals surface area contributed by atoms with Crippen LogP contribution < -0.4 is 0 Å². The second-order valence-corrected chi connectivity index (χ2v) is 13.1. The number of carbonyl (C=O) groups excluding carboxylic acids is 1. The van der Waals surface area contributed by atoms with Crippen LogP contribution in [0.1, 0.15) is 45.2 Å². The van der Waals surface area contributed by atoms with E-state index in [4.69, 9.17) is 4.74 Å². The van der Waals surface area contributed by atoms with E-state index in [0.717, 1.165) is 8.39 Å². The zero-order chi connectivity index (χ0) is 24.6. The number of hydrogen-bond donors (Lipinski definition) is 0. The second-order valence-electron chi connectivity index (χ2n) is 9.12. The van der Waals surface area contributed by atoms with Crippen LogP contribution in [0.2, 0.25) is 0 Å². The fourth-order valence-electron chi connectivity index (χ4n) is 3.46. The first-order valence-corrected chi connectivity index (χ1v) is 13.4. The van der Waals surface area contributed by atoms with Crippen LogP contribution in [-0.2, 0) is 24.8 Å². The molecular formula is C21H30N4O6S2. The lowest BCUT2D eigenvalue weighted by Crippen LogP contribution is -2.41. The Morgan fingerprint density at radius 3 is 2.06 bits per heavy atom. The van der Waals surface area contributed by atoms with Crippen LogP contribution in [0.15, 0.2) is 46.3 Å². The number of likely N-dealkylation sites (tertiary alicyclic amines) is 1. The first-order chi connectivity index (χ1) is 15.2. The highest BCUT2D eigenvalue weighted by Gasteiger charge is 2.29. The van der Waals surface area contributed by atoms with E-state index in [1.54, 1.807) is 11.0 Å². The van der Waals surface area contributed by atoms with Gasteiger partial charge in [0.15, 0.2) is 0 Å². The Morgan fingerprint density at radius 2 is 1.55 bits per heavy atom. The maximum atomic E-state index is 13.0. The highest BCUT2D eigenvalue weighted by atomic mass is 32.2. The quantitative estimate of drug-likeness (QED) is 0.621. The van der Waals surface area contributed by atoms with Gasteiger partial charge in [-0.3, -0.25) is 0 Å². The van der Waals surface area contributed by atoms with Gasteiger partial charge in [-0.15, -0.1) is 0 Å². The first-order valence-electron chi connectivity index (χ1n) is 10.5. The first kappa shape index (κ1) is 25.2. The van der Waals surface area contributed by atoms with E-state index in [1.165, 1.54) is 44.6 Å². The minimum absolute atomic E-state index is 0.00403. The lowest BCUT2D eigenvalue weighted by Gasteiger charge is -2.32. The van der Waals surface area contributed by atoms with E-state index in [-0.39, 0.29) is 21.8 Å². The molecule has 10 nitrogen and oxygen atoms in total. The van der Waals surface area contributed by atoms with Crippen molar-refractivity contribution in [1.29, 1.82) is 0 Å². The number of carbonyl (C=O) groups is 1. The number of sulfonamides is 1. The Labute approximate surface area is 195 Å². The molecule has 0 atom stereocenters. The van der Waals surface area contributed by atoms with Gasteiger partial charge in [0, 0.05) is 39.3 Å². The molecule has 182 valence electrons. The summed E-state index contributed by atoms with van der Waals surface area (Å²) in [5, 5.41) is 4.28. The van der Waals surface area contributed by atoms with E-state index in [0.29, 0.717) is 31.6 Å². The summed E-state index contributed by atoms with van der Waals surface area (Å²) in [6.07, 6.45) is 2.32. The SMILES string of the molecule is CN(C)S(=O)(=O)c1ccc(S(=O)(=O)n2ccc(C3CCN(C(=O)OC(C)(C)C)CC3)n2)cc1. The molecule has 1 aromatic heterocycles. The zero-order valence-corrected chi connectivity index (χ0v) is 21.1. The number of aromatic nitrogens is 2. The van der Waals surface area contributed by atoms with Crippen LogP contribution in [0, 0.1) is 0 Å². The second kappa shape index (κ2) is 9.07. The molecule has 0 radical (unpaired) electrons. The Morgan fingerprint density at radius 1 is 1.00 bits per heavy atom. The molecule has 2 aromatic rings. The van der Waals surface area contributed by atoms with Crippen molar-refractivity contribution in [3.63, 3.8) is 0 Å². The van der Waals surface area contributed by atoms with Gasteiger partial charge < -0.3 is 9.64 Å². The van der Waals surface area contributed by atoms with Gasteiger partial charge in [-0.2, -0.15) is 17.6 Å². The van der Waals surface area contributed by atoms with E-state index in [1.807, 2.05) is 20.8 Å². The number of ether oxygens (including phenoxy) is 1. The fourth-order valence-corrected chi connectivity index (χ4v) is 5.48. The Hall–Kier alpha value is -2.44. The van der Waals surface area contributed by atoms with Gasteiger partial charge in [0.1, 0.15) is 5.60 Å². The largest absolute Gasteiger partial charge is 0.444 e. The number of rotatable bonds is 5. The van der Waals surface area contributed by atoms with Gasteiger partial charge in [-0.05, 0) is 63.9 Å². The van der Waals surface area contributed by atoms with E-state index >= 15 is 0 Å². The molecule has 2 heterocycles. The van der Waals surface area contributed by atoms with E-state index < -0.39 is 25.6 Å². The van der Waals surface area contributed by atoms with E-state index in [2.05, 4.69) is 5.10 Å². The van der Waals surface area contributed by atoms with Crippen molar-refractivity contribution in [3.05, 3.63) is 42.2 Å². The van der Waals surface area contributed by atoms with Crippen molar-refractivity contribution < 1.29 is 26.4 Å². The highest BCUT2D eigenvalue weighted by molar-refractivity contribution is 7.90. The van der Waals surface area contributed by atoms with E-state index in [9.17, 15) is 21.6 Å². The van der Waals surface area contributed by atoms with Crippen LogP contribution in [0.3, 0.4) is 0 Å². The summed E-state index contributed by atoms with van der Waals surface area (Å²) in [6, 6.07) is 6.70. The monoisotopic (exact) mass is 498 g/mol. The number of piperidine rings is 1. The van der Waals surface area contributed by atoms with Gasteiger partial charge in [0.05, 0.1) is 15.5 Å². The smallest absolute Gasteiger partial charge is 0.410 e. The van der Waals surface area contributed by atoms with Gasteiger partial charge in [0.25, 0.3) is 10.0 Å². The number of benzene rings is 1. The molecule has 33 heavy (non-hydrogen) atoms. The van der Waals surface area contributed by atoms with Crippen LogP contribution in [0.25, 0.3) is 0 Å². The Bertz CT molecular complexity index is 1200. The minimum Gasteiger partial charge on any atom is -0.444 e. The molecule has 12 heteroatoms. The fraction of sp³-hybridized carbons (Fsp3) is 0.524. The summed E-state index contributed by atoms with van der Waals surface area (Å²) in [5.41, 5.74) is 0.0739. The van der Waals surface area contributed by atoms with Crippen molar-refractivity contribution in [2.24, 2.45) is 0 Å². The lowest BCUT2D eigenvalue weighted by atomic mass is 9.94. The maximum Gasteiger partial charge on any atom is 0.410 e. The maximum absolute atomic E-state index is 13.0. The molecule has 0 unspecified atom stereocenters. The average Bonchev–Trinajstić information content (AvgIpc) is 3.24. The molecule has 1 aliphatic heterocycles. The van der Waals surface area contributed by atoms with Gasteiger partial charge in [-0.1, -0.05) is 0 Å². The third-order valence-corrected chi connectivity index (χ3v) is 8.69. The van der Waals surface area contributed by atoms with Crippen LogP contribution in [-0.4, -0.2) is 74.1 Å². The van der Waals surface area contributed by atoms with Gasteiger partial charge >= 0.3 is 6.09 Å². The molecular weight excluding hydrogens is 468 g/mol. The molecule has 1 saturated heterocycles. The van der Waals surface area contributed by atoms with Crippen LogP contribution in [0.5, 0.6) is 0 Å². The molecule has 1 aromatic carbocycles. The molecule has 3 rings (SSSR count). The molecule has 0 bridgehead atoms. The minimum atomic E-state index is -3.97. The molecule has 0 spiro atoms. The van der Waals surface area contributed by atoms with Gasteiger partial charge in [-0.25, -0.2) is 17.5 Å². The van der Waals surface area contributed by atoms with Crippen LogP contribution in [0.4, 0.5) is 4.79 Å². The Balaban J connectivity index is 1.71. The number of hydrogen-bond acceptors (Lipinski definition) is 7. The summed E-state index contributed by atoms with van der Waals surface area (Å²) < 4.78 is 57.7. The predicted octanol–water partition coefficient (Wildman–Crippen LogP) is 2.48. The highest BCUT2D eigenvalue weighted by Crippen LogP contribution is 2.28. The van der Waals surface area contributed by atoms with Crippen molar-refractivity contribution in [3.8, 4) is 0 Å². The standard InChI is InChI=1S/C21H30N4O6S2/c1-21(2,3)31-20(26)24-13-10-16(11-14-24)19-12-15-25(22-19)33(29,30)18-8-6-17(7-9-18)32(27,28)23(4)5/h6-9,12,15-16H,10-11,13-14H2,1-5H3. The molecule has 0 saturated carbocycles. The molecule has 1 fully saturated rings. The summed E-state index contributed by atoms with van der Waals surface area (Å²) in [7, 11) is -4.82. The van der Waals surface area contributed by atoms with Crippen molar-refractivity contribution >= 4 is 26.1 Å².